The van der Waals surface area contributed by atoms with Crippen LogP contribution in [0, 0.1) is 0 Å². The minimum absolute atomic E-state index is 0.0393. The third-order valence-corrected chi connectivity index (χ3v) is 4.45. The van der Waals surface area contributed by atoms with Crippen molar-refractivity contribution < 1.29 is 13.2 Å². The van der Waals surface area contributed by atoms with Crippen molar-refractivity contribution in [3.8, 4) is 0 Å². The topological polar surface area (TPSA) is 107 Å². The fraction of sp³-hybridized carbons (Fsp3) is 0.833. The van der Waals surface area contributed by atoms with Crippen molar-refractivity contribution in [2.45, 2.75) is 58.4 Å². The minimum Gasteiger partial charge on any atom is -0.353 e. The van der Waals surface area contributed by atoms with Crippen molar-refractivity contribution in [2.75, 3.05) is 5.75 Å². The number of unbranched alkanes of at least 4 members (excludes halogenated alkanes) is 1. The number of amides is 1. The van der Waals surface area contributed by atoms with E-state index in [9.17, 15) is 13.2 Å². The molecule has 0 aromatic carbocycles. The van der Waals surface area contributed by atoms with Gasteiger partial charge in [-0.05, 0) is 30.2 Å². The van der Waals surface area contributed by atoms with E-state index in [4.69, 9.17) is 0 Å². The molecule has 1 amide bonds. The molecule has 1 aromatic rings. The average molecular weight is 317 g/mol. The van der Waals surface area contributed by atoms with Crippen molar-refractivity contribution >= 4 is 15.7 Å². The fourth-order valence-electron chi connectivity index (χ4n) is 1.67. The highest BCUT2D eigenvalue weighted by molar-refractivity contribution is 7.91. The van der Waals surface area contributed by atoms with Crippen LogP contribution in [-0.4, -0.2) is 46.3 Å². The number of aromatic nitrogens is 4. The van der Waals surface area contributed by atoms with Crippen LogP contribution in [-0.2, 0) is 26.9 Å². The van der Waals surface area contributed by atoms with Crippen LogP contribution in [0.25, 0.3) is 0 Å². The molecule has 1 aromatic heterocycles. The quantitative estimate of drug-likeness (QED) is 0.702. The summed E-state index contributed by atoms with van der Waals surface area (Å²) >= 11 is 0. The molecule has 120 valence electrons. The highest BCUT2D eigenvalue weighted by Gasteiger charge is 2.21. The molecule has 1 N–H and O–H groups in total. The van der Waals surface area contributed by atoms with E-state index >= 15 is 0 Å². The van der Waals surface area contributed by atoms with E-state index in [1.807, 2.05) is 20.8 Å². The maximum Gasteiger partial charge on any atom is 0.235 e. The molecule has 1 atom stereocenters. The molecular weight excluding hydrogens is 294 g/mol. The SMILES string of the molecule is CCCCn1nnnc1CS(=O)(=O)CC(=O)N[C@H](C)CC. The van der Waals surface area contributed by atoms with Crippen molar-refractivity contribution in [1.29, 1.82) is 0 Å². The van der Waals surface area contributed by atoms with E-state index in [2.05, 4.69) is 20.8 Å². The van der Waals surface area contributed by atoms with Crippen LogP contribution >= 0.6 is 0 Å². The Kier molecular flexibility index (Phi) is 6.73. The lowest BCUT2D eigenvalue weighted by atomic mass is 10.3. The third-order valence-electron chi connectivity index (χ3n) is 3.05. The summed E-state index contributed by atoms with van der Waals surface area (Å²) in [7, 11) is -3.58. The molecule has 0 fully saturated rings. The molecule has 1 heterocycles. The molecular formula is C12H23N5O3S. The monoisotopic (exact) mass is 317 g/mol. The lowest BCUT2D eigenvalue weighted by molar-refractivity contribution is -0.119. The number of sulfone groups is 1. The van der Waals surface area contributed by atoms with Crippen LogP contribution in [0.3, 0.4) is 0 Å². The number of rotatable bonds is 9. The first-order valence-corrected chi connectivity index (χ1v) is 8.95. The molecule has 9 heteroatoms. The van der Waals surface area contributed by atoms with Gasteiger partial charge in [0.15, 0.2) is 15.7 Å². The molecule has 0 saturated heterocycles. The van der Waals surface area contributed by atoms with Gasteiger partial charge in [-0.2, -0.15) is 0 Å². The predicted octanol–water partition coefficient (Wildman–Crippen LogP) is 0.303. The van der Waals surface area contributed by atoms with Crippen LogP contribution in [0.4, 0.5) is 0 Å². The van der Waals surface area contributed by atoms with Gasteiger partial charge in [-0.3, -0.25) is 4.79 Å². The second-order valence-corrected chi connectivity index (χ2v) is 7.15. The Morgan fingerprint density at radius 2 is 2.10 bits per heavy atom. The third kappa shape index (κ3) is 6.19. The van der Waals surface area contributed by atoms with Gasteiger partial charge in [0, 0.05) is 12.6 Å². The Balaban J connectivity index is 2.64. The number of aryl methyl sites for hydroxylation is 1. The molecule has 0 saturated carbocycles. The van der Waals surface area contributed by atoms with E-state index in [1.165, 1.54) is 4.68 Å². The van der Waals surface area contributed by atoms with E-state index < -0.39 is 21.5 Å². The maximum atomic E-state index is 12.0. The lowest BCUT2D eigenvalue weighted by Crippen LogP contribution is -2.36. The van der Waals surface area contributed by atoms with Gasteiger partial charge in [-0.1, -0.05) is 20.3 Å². The van der Waals surface area contributed by atoms with Crippen molar-refractivity contribution in [3.63, 3.8) is 0 Å². The molecule has 0 bridgehead atoms. The molecule has 0 aliphatic carbocycles. The Morgan fingerprint density at radius 1 is 1.38 bits per heavy atom. The van der Waals surface area contributed by atoms with Gasteiger partial charge in [-0.25, -0.2) is 13.1 Å². The van der Waals surface area contributed by atoms with Gasteiger partial charge < -0.3 is 5.32 Å². The highest BCUT2D eigenvalue weighted by atomic mass is 32.2. The summed E-state index contributed by atoms with van der Waals surface area (Å²) in [4.78, 5) is 11.7. The Morgan fingerprint density at radius 3 is 2.71 bits per heavy atom. The number of hydrogen-bond donors (Lipinski definition) is 1. The largest absolute Gasteiger partial charge is 0.353 e. The summed E-state index contributed by atoms with van der Waals surface area (Å²) in [6.45, 7) is 6.35. The smallest absolute Gasteiger partial charge is 0.235 e. The Hall–Kier alpha value is -1.51. The van der Waals surface area contributed by atoms with Crippen LogP contribution in [0.5, 0.6) is 0 Å². The fourth-order valence-corrected chi connectivity index (χ4v) is 2.86. The number of carbonyl (C=O) groups is 1. The van der Waals surface area contributed by atoms with Crippen LogP contribution in [0.2, 0.25) is 0 Å². The van der Waals surface area contributed by atoms with Crippen LogP contribution < -0.4 is 5.32 Å². The number of nitrogens with zero attached hydrogens (tertiary/aromatic N) is 4. The summed E-state index contributed by atoms with van der Waals surface area (Å²) in [5.74, 6) is -1.08. The number of hydrogen-bond acceptors (Lipinski definition) is 6. The summed E-state index contributed by atoms with van der Waals surface area (Å²) in [6.07, 6.45) is 2.58. The zero-order valence-electron chi connectivity index (χ0n) is 12.7. The maximum absolute atomic E-state index is 12.0. The molecule has 0 aliphatic rings. The Labute approximate surface area is 125 Å². The normalized spacial score (nSPS) is 13.1. The molecule has 1 rings (SSSR count). The molecule has 0 radical (unpaired) electrons. The number of nitrogens with one attached hydrogen (secondary N) is 1. The van der Waals surface area contributed by atoms with Gasteiger partial charge in [0.2, 0.25) is 5.91 Å². The molecule has 21 heavy (non-hydrogen) atoms. The van der Waals surface area contributed by atoms with Gasteiger partial charge in [0.25, 0.3) is 0 Å². The van der Waals surface area contributed by atoms with Crippen LogP contribution in [0.15, 0.2) is 0 Å². The van der Waals surface area contributed by atoms with E-state index in [1.54, 1.807) is 0 Å². The van der Waals surface area contributed by atoms with Crippen molar-refractivity contribution in [2.24, 2.45) is 0 Å². The van der Waals surface area contributed by atoms with E-state index in [0.717, 1.165) is 19.3 Å². The summed E-state index contributed by atoms with van der Waals surface area (Å²) < 4.78 is 25.5. The van der Waals surface area contributed by atoms with Gasteiger partial charge in [-0.15, -0.1) is 5.10 Å². The predicted molar refractivity (Wildman–Crippen MR) is 78.1 cm³/mol. The summed E-state index contributed by atoms with van der Waals surface area (Å²) in [5.41, 5.74) is 0. The summed E-state index contributed by atoms with van der Waals surface area (Å²) in [5, 5.41) is 13.6. The average Bonchev–Trinajstić information content (AvgIpc) is 2.81. The van der Waals surface area contributed by atoms with E-state index in [-0.39, 0.29) is 17.6 Å². The van der Waals surface area contributed by atoms with Crippen LogP contribution in [0.1, 0.15) is 45.9 Å². The second-order valence-electron chi connectivity index (χ2n) is 5.08. The number of carbonyl (C=O) groups excluding carboxylic acids is 1. The second kappa shape index (κ2) is 8.06. The zero-order valence-corrected chi connectivity index (χ0v) is 13.6. The van der Waals surface area contributed by atoms with Gasteiger partial charge >= 0.3 is 0 Å². The number of tetrazole rings is 1. The van der Waals surface area contributed by atoms with Gasteiger partial charge in [0.1, 0.15) is 11.5 Å². The standard InChI is InChI=1S/C12H23N5O3S/c1-4-6-7-17-11(14-15-16-17)8-21(19,20)9-12(18)13-10(3)5-2/h10H,4-9H2,1-3H3,(H,13,18)/t10-/m1/s1. The highest BCUT2D eigenvalue weighted by Crippen LogP contribution is 2.04. The first kappa shape index (κ1) is 17.5. The molecule has 0 unspecified atom stereocenters. The van der Waals surface area contributed by atoms with Crippen molar-refractivity contribution in [3.05, 3.63) is 5.82 Å². The first-order chi connectivity index (χ1) is 9.88. The first-order valence-electron chi connectivity index (χ1n) is 7.12. The van der Waals surface area contributed by atoms with Crippen molar-refractivity contribution in [1.82, 2.24) is 25.5 Å². The molecule has 0 spiro atoms. The zero-order chi connectivity index (χ0) is 15.9. The van der Waals surface area contributed by atoms with E-state index in [0.29, 0.717) is 6.54 Å². The lowest BCUT2D eigenvalue weighted by Gasteiger charge is -2.11. The molecule has 0 aliphatic heterocycles. The Bertz CT molecular complexity index is 555. The van der Waals surface area contributed by atoms with Gasteiger partial charge in [0.05, 0.1) is 0 Å². The summed E-state index contributed by atoms with van der Waals surface area (Å²) in [6, 6.07) is -0.0393. The molecule has 8 nitrogen and oxygen atoms in total. The minimum atomic E-state index is -3.58.